The van der Waals surface area contributed by atoms with Crippen LogP contribution in [0.15, 0.2) is 9.31 Å². The first kappa shape index (κ1) is 15.4. The van der Waals surface area contributed by atoms with E-state index in [-0.39, 0.29) is 22.2 Å². The van der Waals surface area contributed by atoms with Crippen molar-refractivity contribution in [1.29, 1.82) is 0 Å². The van der Waals surface area contributed by atoms with Crippen molar-refractivity contribution in [2.75, 3.05) is 4.72 Å². The van der Waals surface area contributed by atoms with Crippen LogP contribution < -0.4 is 4.72 Å². The highest BCUT2D eigenvalue weighted by Gasteiger charge is 2.27. The number of hydrogen-bond acceptors (Lipinski definition) is 7. The molecular formula is C12H16N4O4S. The molecule has 0 bridgehead atoms. The molecule has 2 rings (SSSR count). The molecule has 0 amide bonds. The Morgan fingerprint density at radius 3 is 2.33 bits per heavy atom. The van der Waals surface area contributed by atoms with E-state index >= 15 is 0 Å². The van der Waals surface area contributed by atoms with Crippen molar-refractivity contribution in [3.05, 3.63) is 28.5 Å². The summed E-state index contributed by atoms with van der Waals surface area (Å²) in [4.78, 5) is 3.93. The van der Waals surface area contributed by atoms with Crippen LogP contribution >= 0.6 is 0 Å². The van der Waals surface area contributed by atoms with Crippen molar-refractivity contribution >= 4 is 16.0 Å². The fourth-order valence-electron chi connectivity index (χ4n) is 1.92. The lowest BCUT2D eigenvalue weighted by Crippen LogP contribution is -2.18. The molecular weight excluding hydrogens is 296 g/mol. The second-order valence-electron chi connectivity index (χ2n) is 4.59. The van der Waals surface area contributed by atoms with Gasteiger partial charge < -0.3 is 9.52 Å². The van der Waals surface area contributed by atoms with E-state index in [9.17, 15) is 13.5 Å². The maximum Gasteiger partial charge on any atom is 0.268 e. The normalized spacial score (nSPS) is 11.7. The minimum Gasteiger partial charge on any atom is -0.465 e. The summed E-state index contributed by atoms with van der Waals surface area (Å²) in [7, 11) is -3.96. The molecule has 2 heterocycles. The molecule has 0 aliphatic rings. The van der Waals surface area contributed by atoms with Gasteiger partial charge in [-0.05, 0) is 27.7 Å². The van der Waals surface area contributed by atoms with E-state index in [1.54, 1.807) is 20.8 Å². The minimum atomic E-state index is -3.96. The van der Waals surface area contributed by atoms with E-state index in [0.717, 1.165) is 0 Å². The molecule has 2 aromatic rings. The van der Waals surface area contributed by atoms with Crippen LogP contribution in [-0.2, 0) is 16.6 Å². The maximum absolute atomic E-state index is 12.4. The van der Waals surface area contributed by atoms with Crippen molar-refractivity contribution in [1.82, 2.24) is 15.2 Å². The first-order valence-electron chi connectivity index (χ1n) is 6.16. The van der Waals surface area contributed by atoms with Crippen LogP contribution in [0.4, 0.5) is 5.95 Å². The third-order valence-corrected chi connectivity index (χ3v) is 4.59. The highest BCUT2D eigenvalue weighted by atomic mass is 32.2. The molecule has 0 saturated heterocycles. The van der Waals surface area contributed by atoms with Crippen molar-refractivity contribution in [3.8, 4) is 0 Å². The number of sulfonamides is 1. The van der Waals surface area contributed by atoms with E-state index in [1.165, 1.54) is 6.92 Å². The Morgan fingerprint density at radius 2 is 1.76 bits per heavy atom. The molecule has 0 unspecified atom stereocenters. The third-order valence-electron chi connectivity index (χ3n) is 3.07. The molecule has 0 spiro atoms. The van der Waals surface area contributed by atoms with Crippen LogP contribution in [0.3, 0.4) is 0 Å². The van der Waals surface area contributed by atoms with E-state index in [4.69, 9.17) is 4.42 Å². The predicted molar refractivity (Wildman–Crippen MR) is 74.2 cm³/mol. The van der Waals surface area contributed by atoms with E-state index in [2.05, 4.69) is 19.9 Å². The average molecular weight is 312 g/mol. The van der Waals surface area contributed by atoms with Gasteiger partial charge in [-0.3, -0.25) is 0 Å². The molecule has 21 heavy (non-hydrogen) atoms. The van der Waals surface area contributed by atoms with E-state index < -0.39 is 16.6 Å². The predicted octanol–water partition coefficient (Wildman–Crippen LogP) is 0.991. The molecule has 8 nitrogen and oxygen atoms in total. The Labute approximate surface area is 122 Å². The summed E-state index contributed by atoms with van der Waals surface area (Å²) in [5.41, 5.74) is 1.41. The van der Waals surface area contributed by atoms with Crippen LogP contribution in [0.5, 0.6) is 0 Å². The second-order valence-corrected chi connectivity index (χ2v) is 6.21. The number of aryl methyl sites for hydroxylation is 4. The van der Waals surface area contributed by atoms with E-state index in [0.29, 0.717) is 17.1 Å². The lowest BCUT2D eigenvalue weighted by atomic mass is 10.2. The smallest absolute Gasteiger partial charge is 0.268 e. The molecule has 2 aromatic heterocycles. The van der Waals surface area contributed by atoms with Crippen molar-refractivity contribution in [2.45, 2.75) is 39.2 Å². The van der Waals surface area contributed by atoms with Gasteiger partial charge in [0.05, 0.1) is 18.0 Å². The van der Waals surface area contributed by atoms with Crippen LogP contribution in [0.1, 0.15) is 28.5 Å². The number of hydrogen-bond donors (Lipinski definition) is 2. The average Bonchev–Trinajstić information content (AvgIpc) is 2.68. The summed E-state index contributed by atoms with van der Waals surface area (Å²) in [5, 5.41) is 16.8. The highest BCUT2D eigenvalue weighted by Crippen LogP contribution is 2.27. The molecule has 0 radical (unpaired) electrons. The third kappa shape index (κ3) is 2.88. The Balaban J connectivity index is 2.45. The van der Waals surface area contributed by atoms with Crippen LogP contribution in [0.2, 0.25) is 0 Å². The molecule has 9 heteroatoms. The summed E-state index contributed by atoms with van der Waals surface area (Å²) in [6.45, 7) is 6.09. The summed E-state index contributed by atoms with van der Waals surface area (Å²) in [6.07, 6.45) is 0. The fourth-order valence-corrected chi connectivity index (χ4v) is 3.30. The number of anilines is 1. The number of aliphatic hydroxyl groups excluding tert-OH is 1. The molecule has 0 aromatic carbocycles. The quantitative estimate of drug-likeness (QED) is 0.864. The Morgan fingerprint density at radius 1 is 1.10 bits per heavy atom. The lowest BCUT2D eigenvalue weighted by molar-refractivity contribution is 0.276. The van der Waals surface area contributed by atoms with Crippen LogP contribution in [0.25, 0.3) is 0 Å². The Bertz CT molecular complexity index is 783. The van der Waals surface area contributed by atoms with Crippen LogP contribution in [-0.4, -0.2) is 28.7 Å². The fraction of sp³-hybridized carbons (Fsp3) is 0.417. The van der Waals surface area contributed by atoms with Gasteiger partial charge in [-0.2, -0.15) is 5.10 Å². The van der Waals surface area contributed by atoms with Crippen LogP contribution in [0, 0.1) is 27.7 Å². The monoisotopic (exact) mass is 312 g/mol. The number of nitrogens with zero attached hydrogens (tertiary/aromatic N) is 3. The summed E-state index contributed by atoms with van der Waals surface area (Å²) < 4.78 is 32.4. The van der Waals surface area contributed by atoms with E-state index in [1.807, 2.05) is 0 Å². The van der Waals surface area contributed by atoms with Gasteiger partial charge in [-0.15, -0.1) is 5.10 Å². The number of nitrogens with one attached hydrogen (secondary N) is 1. The first-order valence-corrected chi connectivity index (χ1v) is 7.65. The number of rotatable bonds is 4. The van der Waals surface area contributed by atoms with Crippen molar-refractivity contribution < 1.29 is 17.9 Å². The molecule has 0 saturated carbocycles. The highest BCUT2D eigenvalue weighted by molar-refractivity contribution is 7.92. The second kappa shape index (κ2) is 5.41. The lowest BCUT2D eigenvalue weighted by Gasteiger charge is -2.07. The Hall–Kier alpha value is -2.00. The molecule has 0 atom stereocenters. The zero-order chi connectivity index (χ0) is 15.8. The summed E-state index contributed by atoms with van der Waals surface area (Å²) >= 11 is 0. The number of aliphatic hydroxyl groups is 1. The molecule has 2 N–H and O–H groups in total. The summed E-state index contributed by atoms with van der Waals surface area (Å²) in [5.74, 6) is 0.426. The molecule has 0 aliphatic carbocycles. The minimum absolute atomic E-state index is 0.0932. The number of furan rings is 1. The molecule has 0 aliphatic heterocycles. The largest absolute Gasteiger partial charge is 0.465 e. The van der Waals surface area contributed by atoms with Gasteiger partial charge in [0, 0.05) is 5.56 Å². The maximum atomic E-state index is 12.4. The number of aromatic nitrogens is 3. The van der Waals surface area contributed by atoms with Crippen molar-refractivity contribution in [2.24, 2.45) is 0 Å². The topological polar surface area (TPSA) is 118 Å². The van der Waals surface area contributed by atoms with Gasteiger partial charge in [-0.25, -0.2) is 18.1 Å². The van der Waals surface area contributed by atoms with Gasteiger partial charge in [-0.1, -0.05) is 0 Å². The summed E-state index contributed by atoms with van der Waals surface area (Å²) in [6, 6.07) is 0. The SMILES string of the molecule is Cc1nnc(NS(=O)(=O)c2c(C)oc(C)c2CO)nc1C. The zero-order valence-corrected chi connectivity index (χ0v) is 12.9. The van der Waals surface area contributed by atoms with Gasteiger partial charge in [0.2, 0.25) is 0 Å². The molecule has 114 valence electrons. The van der Waals surface area contributed by atoms with Gasteiger partial charge in [0.1, 0.15) is 16.4 Å². The zero-order valence-electron chi connectivity index (χ0n) is 12.1. The Kier molecular flexibility index (Phi) is 3.97. The van der Waals surface area contributed by atoms with Gasteiger partial charge in [0.15, 0.2) is 0 Å². The van der Waals surface area contributed by atoms with Gasteiger partial charge >= 0.3 is 0 Å². The first-order chi connectivity index (χ1) is 9.76. The van der Waals surface area contributed by atoms with Gasteiger partial charge in [0.25, 0.3) is 16.0 Å². The molecule has 0 fully saturated rings. The standard InChI is InChI=1S/C12H16N4O4S/c1-6-7(2)14-15-12(13-6)16-21(18,19)11-9(4)20-8(3)10(11)5-17/h17H,5H2,1-4H3,(H,13,15,16). The van der Waals surface area contributed by atoms with Crippen molar-refractivity contribution in [3.63, 3.8) is 0 Å².